The number of amides is 1. The zero-order valence-electron chi connectivity index (χ0n) is 13.0. The Hall–Kier alpha value is -2.50. The minimum atomic E-state index is -0.188. The van der Waals surface area contributed by atoms with Crippen molar-refractivity contribution in [2.24, 2.45) is 0 Å². The van der Waals surface area contributed by atoms with Crippen LogP contribution in [0.25, 0.3) is 0 Å². The molecule has 2 rings (SSSR count). The third-order valence-electron chi connectivity index (χ3n) is 3.26. The number of anilines is 1. The number of hydrogen-bond acceptors (Lipinski definition) is 5. The van der Waals surface area contributed by atoms with E-state index in [1.165, 1.54) is 0 Å². The number of hydrogen-bond donors (Lipinski definition) is 1. The van der Waals surface area contributed by atoms with E-state index in [9.17, 15) is 4.79 Å². The van der Waals surface area contributed by atoms with Gasteiger partial charge in [0.1, 0.15) is 0 Å². The second-order valence-corrected chi connectivity index (χ2v) is 5.09. The first-order valence-corrected chi connectivity index (χ1v) is 7.41. The molecule has 116 valence electrons. The number of carbonyl (C=O) groups excluding carboxylic acids is 1. The second kappa shape index (κ2) is 8.07. The van der Waals surface area contributed by atoms with Crippen molar-refractivity contribution in [1.29, 1.82) is 0 Å². The molecule has 0 unspecified atom stereocenters. The van der Waals surface area contributed by atoms with E-state index in [2.05, 4.69) is 27.2 Å². The Labute approximate surface area is 130 Å². The van der Waals surface area contributed by atoms with Gasteiger partial charge in [-0.15, -0.1) is 0 Å². The van der Waals surface area contributed by atoms with Crippen LogP contribution in [0.5, 0.6) is 0 Å². The fourth-order valence-corrected chi connectivity index (χ4v) is 1.92. The highest BCUT2D eigenvalue weighted by molar-refractivity contribution is 5.93. The Morgan fingerprint density at radius 1 is 1.27 bits per heavy atom. The van der Waals surface area contributed by atoms with Crippen LogP contribution in [0.1, 0.15) is 35.7 Å². The number of rotatable bonds is 7. The Bertz CT molecular complexity index is 585. The first kappa shape index (κ1) is 15.9. The number of aromatic nitrogens is 3. The molecule has 6 nitrogen and oxygen atoms in total. The van der Waals surface area contributed by atoms with Crippen molar-refractivity contribution in [2.45, 2.75) is 26.3 Å². The number of nitrogens with one attached hydrogen (secondary N) is 1. The Morgan fingerprint density at radius 3 is 2.68 bits per heavy atom. The van der Waals surface area contributed by atoms with E-state index >= 15 is 0 Å². The Morgan fingerprint density at radius 2 is 2.05 bits per heavy atom. The molecule has 1 amide bonds. The summed E-state index contributed by atoms with van der Waals surface area (Å²) in [6, 6.07) is 3.75. The minimum absolute atomic E-state index is 0.188. The van der Waals surface area contributed by atoms with Crippen LogP contribution in [-0.4, -0.2) is 34.5 Å². The van der Waals surface area contributed by atoms with Gasteiger partial charge in [-0.2, -0.15) is 0 Å². The molecule has 0 fully saturated rings. The molecule has 0 saturated carbocycles. The lowest BCUT2D eigenvalue weighted by Crippen LogP contribution is -2.24. The van der Waals surface area contributed by atoms with Crippen LogP contribution < -0.4 is 10.2 Å². The van der Waals surface area contributed by atoms with Gasteiger partial charge in [0.25, 0.3) is 5.91 Å². The van der Waals surface area contributed by atoms with E-state index in [-0.39, 0.29) is 5.91 Å². The summed E-state index contributed by atoms with van der Waals surface area (Å²) >= 11 is 0. The number of pyridine rings is 1. The maximum absolute atomic E-state index is 12.0. The standard InChI is InChI=1S/C16H21N5O/c1-3-4-8-21(2)16-19-11-14(12-20-16)15(22)18-10-13-6-5-7-17-9-13/h5-7,9,11-12H,3-4,8,10H2,1-2H3,(H,18,22). The van der Waals surface area contributed by atoms with Gasteiger partial charge in [0.05, 0.1) is 5.56 Å². The van der Waals surface area contributed by atoms with Crippen molar-refractivity contribution in [3.8, 4) is 0 Å². The molecule has 2 aromatic heterocycles. The zero-order valence-corrected chi connectivity index (χ0v) is 13.0. The van der Waals surface area contributed by atoms with E-state index < -0.39 is 0 Å². The number of nitrogens with zero attached hydrogens (tertiary/aromatic N) is 4. The predicted molar refractivity (Wildman–Crippen MR) is 85.6 cm³/mol. The number of unbranched alkanes of at least 4 members (excludes halogenated alkanes) is 1. The first-order valence-electron chi connectivity index (χ1n) is 7.41. The average Bonchev–Trinajstić information content (AvgIpc) is 2.58. The topological polar surface area (TPSA) is 71.0 Å². The average molecular weight is 299 g/mol. The zero-order chi connectivity index (χ0) is 15.8. The Balaban J connectivity index is 1.90. The summed E-state index contributed by atoms with van der Waals surface area (Å²) in [7, 11) is 1.95. The van der Waals surface area contributed by atoms with Gasteiger partial charge < -0.3 is 10.2 Å². The van der Waals surface area contributed by atoms with Gasteiger partial charge in [0, 0.05) is 44.9 Å². The van der Waals surface area contributed by atoms with Crippen molar-refractivity contribution >= 4 is 11.9 Å². The molecule has 0 aliphatic heterocycles. The van der Waals surface area contributed by atoms with Crippen molar-refractivity contribution in [3.63, 3.8) is 0 Å². The molecule has 0 aliphatic rings. The first-order chi connectivity index (χ1) is 10.7. The maximum atomic E-state index is 12.0. The highest BCUT2D eigenvalue weighted by Crippen LogP contribution is 2.06. The fourth-order valence-electron chi connectivity index (χ4n) is 1.92. The summed E-state index contributed by atoms with van der Waals surface area (Å²) in [5.41, 5.74) is 1.41. The largest absolute Gasteiger partial charge is 0.348 e. The van der Waals surface area contributed by atoms with E-state index in [4.69, 9.17) is 0 Å². The lowest BCUT2D eigenvalue weighted by Gasteiger charge is -2.16. The molecule has 0 spiro atoms. The van der Waals surface area contributed by atoms with Crippen LogP contribution in [-0.2, 0) is 6.54 Å². The molecule has 0 saturated heterocycles. The molecule has 2 heterocycles. The summed E-state index contributed by atoms with van der Waals surface area (Å²) in [6.07, 6.45) is 8.76. The predicted octanol–water partition coefficient (Wildman–Crippen LogP) is 2.04. The molecule has 0 aromatic carbocycles. The van der Waals surface area contributed by atoms with Gasteiger partial charge in [0.2, 0.25) is 5.95 Å². The van der Waals surface area contributed by atoms with Crippen LogP contribution in [0, 0.1) is 0 Å². The summed E-state index contributed by atoms with van der Waals surface area (Å²) in [6.45, 7) is 3.48. The fraction of sp³-hybridized carbons (Fsp3) is 0.375. The summed E-state index contributed by atoms with van der Waals surface area (Å²) in [5.74, 6) is 0.448. The summed E-state index contributed by atoms with van der Waals surface area (Å²) in [5, 5.41) is 2.83. The lowest BCUT2D eigenvalue weighted by atomic mass is 10.2. The van der Waals surface area contributed by atoms with E-state index in [1.54, 1.807) is 24.8 Å². The minimum Gasteiger partial charge on any atom is -0.348 e. The third kappa shape index (κ3) is 4.51. The van der Waals surface area contributed by atoms with E-state index in [1.807, 2.05) is 24.1 Å². The molecule has 0 bridgehead atoms. The van der Waals surface area contributed by atoms with Crippen LogP contribution in [0.3, 0.4) is 0 Å². The van der Waals surface area contributed by atoms with E-state index in [0.29, 0.717) is 18.1 Å². The van der Waals surface area contributed by atoms with Crippen LogP contribution in [0.15, 0.2) is 36.9 Å². The van der Waals surface area contributed by atoms with Crippen molar-refractivity contribution in [1.82, 2.24) is 20.3 Å². The van der Waals surface area contributed by atoms with Gasteiger partial charge in [-0.05, 0) is 18.1 Å². The molecule has 0 radical (unpaired) electrons. The molecule has 0 aliphatic carbocycles. The summed E-state index contributed by atoms with van der Waals surface area (Å²) in [4.78, 5) is 26.5. The van der Waals surface area contributed by atoms with Crippen LogP contribution in [0.2, 0.25) is 0 Å². The quantitative estimate of drug-likeness (QED) is 0.847. The maximum Gasteiger partial charge on any atom is 0.254 e. The normalized spacial score (nSPS) is 10.3. The van der Waals surface area contributed by atoms with Gasteiger partial charge >= 0.3 is 0 Å². The lowest BCUT2D eigenvalue weighted by molar-refractivity contribution is 0.0950. The van der Waals surface area contributed by atoms with Crippen LogP contribution >= 0.6 is 0 Å². The molecule has 2 aromatic rings. The Kier molecular flexibility index (Phi) is 5.82. The highest BCUT2D eigenvalue weighted by atomic mass is 16.1. The van der Waals surface area contributed by atoms with E-state index in [0.717, 1.165) is 24.9 Å². The van der Waals surface area contributed by atoms with Crippen molar-refractivity contribution < 1.29 is 4.79 Å². The number of carbonyl (C=O) groups is 1. The molecule has 6 heteroatoms. The summed E-state index contributed by atoms with van der Waals surface area (Å²) < 4.78 is 0. The monoisotopic (exact) mass is 299 g/mol. The van der Waals surface area contributed by atoms with Gasteiger partial charge in [-0.1, -0.05) is 19.4 Å². The van der Waals surface area contributed by atoms with Gasteiger partial charge in [0.15, 0.2) is 0 Å². The van der Waals surface area contributed by atoms with Gasteiger partial charge in [-0.3, -0.25) is 9.78 Å². The molecule has 1 N–H and O–H groups in total. The van der Waals surface area contributed by atoms with Crippen molar-refractivity contribution in [3.05, 3.63) is 48.0 Å². The molecule has 0 atom stereocenters. The SMILES string of the molecule is CCCCN(C)c1ncc(C(=O)NCc2cccnc2)cn1. The van der Waals surface area contributed by atoms with Crippen LogP contribution in [0.4, 0.5) is 5.95 Å². The molecule has 22 heavy (non-hydrogen) atoms. The van der Waals surface area contributed by atoms with Crippen molar-refractivity contribution in [2.75, 3.05) is 18.5 Å². The third-order valence-corrected chi connectivity index (χ3v) is 3.26. The molecular weight excluding hydrogens is 278 g/mol. The van der Waals surface area contributed by atoms with Gasteiger partial charge in [-0.25, -0.2) is 9.97 Å². The smallest absolute Gasteiger partial charge is 0.254 e. The second-order valence-electron chi connectivity index (χ2n) is 5.09. The highest BCUT2D eigenvalue weighted by Gasteiger charge is 2.09. The molecular formula is C16H21N5O.